The van der Waals surface area contributed by atoms with Gasteiger partial charge in [0.1, 0.15) is 0 Å². The maximum Gasteiger partial charge on any atom is 0.0295 e. The van der Waals surface area contributed by atoms with Gasteiger partial charge in [-0.25, -0.2) is 0 Å². The number of unbranched alkanes of at least 4 members (excludes halogenated alkanes) is 4. The normalized spacial score (nSPS) is 11.9. The Kier molecular flexibility index (Phi) is 9.25. The number of aromatic nitrogens is 1. The first-order chi connectivity index (χ1) is 7.34. The van der Waals surface area contributed by atoms with Gasteiger partial charge in [-0.05, 0) is 24.1 Å². The van der Waals surface area contributed by atoms with Crippen LogP contribution in [0, 0.1) is 0 Å². The molecule has 1 rings (SSSR count). The SMILES string of the molecule is CCCCCCCC(N)c1ccncc1.Cl. The van der Waals surface area contributed by atoms with Crippen molar-refractivity contribution in [1.82, 2.24) is 4.98 Å². The van der Waals surface area contributed by atoms with E-state index in [1.165, 1.54) is 37.7 Å². The minimum absolute atomic E-state index is 0. The Hall–Kier alpha value is -0.600. The van der Waals surface area contributed by atoms with E-state index < -0.39 is 0 Å². The zero-order valence-corrected chi connectivity index (χ0v) is 10.9. The van der Waals surface area contributed by atoms with E-state index in [0.29, 0.717) is 0 Å². The third-order valence-corrected chi connectivity index (χ3v) is 2.75. The molecule has 1 aromatic heterocycles. The maximum absolute atomic E-state index is 6.08. The minimum Gasteiger partial charge on any atom is -0.324 e. The van der Waals surface area contributed by atoms with Gasteiger partial charge in [0.15, 0.2) is 0 Å². The lowest BCUT2D eigenvalue weighted by atomic mass is 10.0. The van der Waals surface area contributed by atoms with Crippen molar-refractivity contribution in [1.29, 1.82) is 0 Å². The van der Waals surface area contributed by atoms with Gasteiger partial charge in [0, 0.05) is 18.4 Å². The van der Waals surface area contributed by atoms with Gasteiger partial charge in [0.05, 0.1) is 0 Å². The highest BCUT2D eigenvalue weighted by atomic mass is 35.5. The summed E-state index contributed by atoms with van der Waals surface area (Å²) in [5.74, 6) is 0. The molecule has 0 bridgehead atoms. The van der Waals surface area contributed by atoms with Crippen LogP contribution < -0.4 is 5.73 Å². The van der Waals surface area contributed by atoms with E-state index in [4.69, 9.17) is 5.73 Å². The summed E-state index contributed by atoms with van der Waals surface area (Å²) < 4.78 is 0. The van der Waals surface area contributed by atoms with Crippen molar-refractivity contribution in [3.05, 3.63) is 30.1 Å². The molecule has 0 fully saturated rings. The lowest BCUT2D eigenvalue weighted by molar-refractivity contribution is 0.555. The number of nitrogens with zero attached hydrogens (tertiary/aromatic N) is 1. The summed E-state index contributed by atoms with van der Waals surface area (Å²) in [5.41, 5.74) is 7.29. The monoisotopic (exact) mass is 242 g/mol. The van der Waals surface area contributed by atoms with Crippen molar-refractivity contribution in [2.45, 2.75) is 51.5 Å². The number of nitrogens with two attached hydrogens (primary N) is 1. The number of pyridine rings is 1. The minimum atomic E-state index is 0. The highest BCUT2D eigenvalue weighted by Crippen LogP contribution is 2.16. The molecule has 16 heavy (non-hydrogen) atoms. The molecule has 0 aliphatic heterocycles. The second kappa shape index (κ2) is 9.61. The van der Waals surface area contributed by atoms with Crippen LogP contribution in [0.3, 0.4) is 0 Å². The molecule has 0 aliphatic carbocycles. The first kappa shape index (κ1) is 15.4. The summed E-state index contributed by atoms with van der Waals surface area (Å²) in [7, 11) is 0. The molecule has 1 unspecified atom stereocenters. The first-order valence-corrected chi connectivity index (χ1v) is 6.00. The number of hydrogen-bond acceptors (Lipinski definition) is 2. The zero-order valence-electron chi connectivity index (χ0n) is 10.1. The summed E-state index contributed by atoms with van der Waals surface area (Å²) in [6.45, 7) is 2.24. The Labute approximate surface area is 105 Å². The van der Waals surface area contributed by atoms with E-state index in [0.717, 1.165) is 6.42 Å². The second-order valence-electron chi connectivity index (χ2n) is 4.09. The number of rotatable bonds is 7. The molecule has 0 aromatic carbocycles. The zero-order chi connectivity index (χ0) is 10.9. The van der Waals surface area contributed by atoms with Crippen molar-refractivity contribution >= 4 is 12.4 Å². The molecule has 0 amide bonds. The third kappa shape index (κ3) is 6.09. The molecule has 92 valence electrons. The third-order valence-electron chi connectivity index (χ3n) is 2.75. The molecule has 1 heterocycles. The van der Waals surface area contributed by atoms with Crippen LogP contribution in [0.25, 0.3) is 0 Å². The van der Waals surface area contributed by atoms with E-state index >= 15 is 0 Å². The lowest BCUT2D eigenvalue weighted by Crippen LogP contribution is -2.09. The van der Waals surface area contributed by atoms with Crippen molar-refractivity contribution in [3.63, 3.8) is 0 Å². The molecular weight excluding hydrogens is 220 g/mol. The second-order valence-corrected chi connectivity index (χ2v) is 4.09. The Bertz CT molecular complexity index is 251. The molecule has 0 saturated carbocycles. The predicted octanol–water partition coefficient (Wildman–Crippen LogP) is 3.86. The largest absolute Gasteiger partial charge is 0.324 e. The Morgan fingerprint density at radius 3 is 2.38 bits per heavy atom. The molecular formula is C13H23ClN2. The molecule has 2 N–H and O–H groups in total. The molecule has 1 aromatic rings. The van der Waals surface area contributed by atoms with E-state index in [1.807, 2.05) is 24.5 Å². The van der Waals surface area contributed by atoms with E-state index in [2.05, 4.69) is 11.9 Å². The average molecular weight is 243 g/mol. The summed E-state index contributed by atoms with van der Waals surface area (Å²) in [4.78, 5) is 3.99. The van der Waals surface area contributed by atoms with Crippen LogP contribution in [0.4, 0.5) is 0 Å². The van der Waals surface area contributed by atoms with Gasteiger partial charge in [0.2, 0.25) is 0 Å². The van der Waals surface area contributed by atoms with Gasteiger partial charge < -0.3 is 5.73 Å². The van der Waals surface area contributed by atoms with Crippen molar-refractivity contribution in [2.75, 3.05) is 0 Å². The Morgan fingerprint density at radius 1 is 1.12 bits per heavy atom. The summed E-state index contributed by atoms with van der Waals surface area (Å²) in [6, 6.07) is 4.21. The average Bonchev–Trinajstić information content (AvgIpc) is 2.30. The van der Waals surface area contributed by atoms with E-state index in [9.17, 15) is 0 Å². The number of halogens is 1. The van der Waals surface area contributed by atoms with Crippen LogP contribution in [0.1, 0.15) is 57.1 Å². The molecule has 1 atom stereocenters. The van der Waals surface area contributed by atoms with Crippen LogP contribution >= 0.6 is 12.4 Å². The predicted molar refractivity (Wildman–Crippen MR) is 71.8 cm³/mol. The van der Waals surface area contributed by atoms with E-state index in [1.54, 1.807) is 0 Å². The van der Waals surface area contributed by atoms with Gasteiger partial charge in [0.25, 0.3) is 0 Å². The highest BCUT2D eigenvalue weighted by Gasteiger charge is 2.04. The van der Waals surface area contributed by atoms with E-state index in [-0.39, 0.29) is 18.4 Å². The lowest BCUT2D eigenvalue weighted by Gasteiger charge is -2.11. The summed E-state index contributed by atoms with van der Waals surface area (Å²) in [6.07, 6.45) is 11.3. The van der Waals surface area contributed by atoms with Crippen LogP contribution in [0.5, 0.6) is 0 Å². The fourth-order valence-corrected chi connectivity index (χ4v) is 1.75. The van der Waals surface area contributed by atoms with Crippen LogP contribution in [-0.4, -0.2) is 4.98 Å². The van der Waals surface area contributed by atoms with Gasteiger partial charge in [-0.3, -0.25) is 4.98 Å². The Balaban J connectivity index is 0.00000225. The van der Waals surface area contributed by atoms with Crippen molar-refractivity contribution < 1.29 is 0 Å². The van der Waals surface area contributed by atoms with Crippen LogP contribution in [0.15, 0.2) is 24.5 Å². The number of hydrogen-bond donors (Lipinski definition) is 1. The molecule has 0 aliphatic rings. The van der Waals surface area contributed by atoms with Gasteiger partial charge >= 0.3 is 0 Å². The van der Waals surface area contributed by atoms with Gasteiger partial charge in [-0.2, -0.15) is 0 Å². The molecule has 2 nitrogen and oxygen atoms in total. The molecule has 0 saturated heterocycles. The van der Waals surface area contributed by atoms with Crippen LogP contribution in [0.2, 0.25) is 0 Å². The highest BCUT2D eigenvalue weighted by molar-refractivity contribution is 5.85. The maximum atomic E-state index is 6.08. The fourth-order valence-electron chi connectivity index (χ4n) is 1.75. The van der Waals surface area contributed by atoms with Crippen LogP contribution in [-0.2, 0) is 0 Å². The van der Waals surface area contributed by atoms with Gasteiger partial charge in [-0.1, -0.05) is 39.0 Å². The standard InChI is InChI=1S/C13H22N2.ClH/c1-2-3-4-5-6-7-13(14)12-8-10-15-11-9-12;/h8-11,13H,2-7,14H2,1H3;1H. The summed E-state index contributed by atoms with van der Waals surface area (Å²) in [5, 5.41) is 0. The summed E-state index contributed by atoms with van der Waals surface area (Å²) >= 11 is 0. The molecule has 0 spiro atoms. The topological polar surface area (TPSA) is 38.9 Å². The van der Waals surface area contributed by atoms with Crippen molar-refractivity contribution in [2.24, 2.45) is 5.73 Å². The fraction of sp³-hybridized carbons (Fsp3) is 0.615. The quantitative estimate of drug-likeness (QED) is 0.738. The first-order valence-electron chi connectivity index (χ1n) is 6.00. The Morgan fingerprint density at radius 2 is 1.75 bits per heavy atom. The molecule has 3 heteroatoms. The molecule has 0 radical (unpaired) electrons. The smallest absolute Gasteiger partial charge is 0.0295 e. The van der Waals surface area contributed by atoms with Crippen molar-refractivity contribution in [3.8, 4) is 0 Å². The van der Waals surface area contributed by atoms with Gasteiger partial charge in [-0.15, -0.1) is 12.4 Å².